The minimum Gasteiger partial charge on any atom is -0.325 e. The predicted molar refractivity (Wildman–Crippen MR) is 65.4 cm³/mol. The molecule has 0 saturated carbocycles. The first-order valence-corrected chi connectivity index (χ1v) is 5.47. The van der Waals surface area contributed by atoms with Gasteiger partial charge in [0.05, 0.1) is 0 Å². The summed E-state index contributed by atoms with van der Waals surface area (Å²) >= 11 is 3.50. The molecule has 0 fully saturated rings. The molecule has 0 radical (unpaired) electrons. The van der Waals surface area contributed by atoms with Gasteiger partial charge in [-0.3, -0.25) is 0 Å². The van der Waals surface area contributed by atoms with Crippen LogP contribution in [0.1, 0.15) is 5.56 Å². The molecule has 1 N–H and O–H groups in total. The summed E-state index contributed by atoms with van der Waals surface area (Å²) in [6.45, 7) is 2.06. The molecule has 0 aliphatic heterocycles. The molecule has 0 aliphatic rings. The van der Waals surface area contributed by atoms with E-state index >= 15 is 0 Å². The molecule has 78 valence electrons. The van der Waals surface area contributed by atoms with Crippen LogP contribution in [0.5, 0.6) is 0 Å². The molecule has 4 heteroatoms. The highest BCUT2D eigenvalue weighted by atomic mass is 79.9. The highest BCUT2D eigenvalue weighted by Crippen LogP contribution is 2.25. The van der Waals surface area contributed by atoms with Crippen molar-refractivity contribution in [2.24, 2.45) is 7.05 Å². The van der Waals surface area contributed by atoms with Crippen LogP contribution in [0.4, 0.5) is 11.6 Å². The third-order valence-electron chi connectivity index (χ3n) is 2.34. The molecule has 0 bridgehead atoms. The molecule has 0 amide bonds. The van der Waals surface area contributed by atoms with Crippen molar-refractivity contribution in [2.75, 3.05) is 5.32 Å². The number of halogens is 1. The van der Waals surface area contributed by atoms with Crippen molar-refractivity contribution in [3.8, 4) is 0 Å². The van der Waals surface area contributed by atoms with Crippen molar-refractivity contribution in [2.45, 2.75) is 6.92 Å². The lowest BCUT2D eigenvalue weighted by atomic mass is 10.2. The SMILES string of the molecule is Cc1c(Br)cccc1Nc1nccn1C. The van der Waals surface area contributed by atoms with E-state index in [1.807, 2.05) is 36.0 Å². The number of rotatable bonds is 2. The number of aryl methyl sites for hydroxylation is 1. The molecule has 2 aromatic rings. The van der Waals surface area contributed by atoms with Gasteiger partial charge in [-0.05, 0) is 24.6 Å². The number of hydrogen-bond donors (Lipinski definition) is 1. The minimum atomic E-state index is 0.844. The number of hydrogen-bond acceptors (Lipinski definition) is 2. The average Bonchev–Trinajstić information content (AvgIpc) is 2.60. The van der Waals surface area contributed by atoms with Crippen LogP contribution in [-0.4, -0.2) is 9.55 Å². The van der Waals surface area contributed by atoms with Crippen molar-refractivity contribution in [3.05, 3.63) is 40.6 Å². The quantitative estimate of drug-likeness (QED) is 0.904. The Morgan fingerprint density at radius 3 is 2.87 bits per heavy atom. The Morgan fingerprint density at radius 1 is 1.40 bits per heavy atom. The van der Waals surface area contributed by atoms with Crippen LogP contribution >= 0.6 is 15.9 Å². The van der Waals surface area contributed by atoms with E-state index in [4.69, 9.17) is 0 Å². The molecular weight excluding hydrogens is 254 g/mol. The summed E-state index contributed by atoms with van der Waals surface area (Å²) in [5.74, 6) is 0.844. The fourth-order valence-corrected chi connectivity index (χ4v) is 1.72. The maximum Gasteiger partial charge on any atom is 0.207 e. The summed E-state index contributed by atoms with van der Waals surface area (Å²) in [5.41, 5.74) is 2.25. The van der Waals surface area contributed by atoms with Gasteiger partial charge in [0, 0.05) is 29.6 Å². The molecule has 0 atom stereocenters. The van der Waals surface area contributed by atoms with Crippen LogP contribution < -0.4 is 5.32 Å². The molecule has 3 nitrogen and oxygen atoms in total. The van der Waals surface area contributed by atoms with E-state index in [9.17, 15) is 0 Å². The first-order chi connectivity index (χ1) is 7.18. The summed E-state index contributed by atoms with van der Waals surface area (Å²) in [7, 11) is 1.96. The largest absolute Gasteiger partial charge is 0.325 e. The smallest absolute Gasteiger partial charge is 0.207 e. The van der Waals surface area contributed by atoms with Gasteiger partial charge in [0.1, 0.15) is 0 Å². The normalized spacial score (nSPS) is 10.3. The van der Waals surface area contributed by atoms with E-state index in [1.54, 1.807) is 6.20 Å². The average molecular weight is 266 g/mol. The summed E-state index contributed by atoms with van der Waals surface area (Å²) in [4.78, 5) is 4.22. The van der Waals surface area contributed by atoms with E-state index < -0.39 is 0 Å². The molecule has 15 heavy (non-hydrogen) atoms. The Hall–Kier alpha value is -1.29. The van der Waals surface area contributed by atoms with Crippen molar-refractivity contribution >= 4 is 27.6 Å². The second-order valence-corrected chi connectivity index (χ2v) is 4.25. The van der Waals surface area contributed by atoms with Gasteiger partial charge in [0.15, 0.2) is 0 Å². The lowest BCUT2D eigenvalue weighted by Gasteiger charge is -2.09. The Balaban J connectivity index is 2.33. The lowest BCUT2D eigenvalue weighted by molar-refractivity contribution is 0.924. The monoisotopic (exact) mass is 265 g/mol. The first-order valence-electron chi connectivity index (χ1n) is 4.68. The molecule has 1 aromatic carbocycles. The van der Waals surface area contributed by atoms with Gasteiger partial charge >= 0.3 is 0 Å². The Bertz CT molecular complexity index is 476. The molecule has 2 rings (SSSR count). The van der Waals surface area contributed by atoms with Gasteiger partial charge in [-0.1, -0.05) is 22.0 Å². The zero-order chi connectivity index (χ0) is 10.8. The highest BCUT2D eigenvalue weighted by Gasteiger charge is 2.04. The third-order valence-corrected chi connectivity index (χ3v) is 3.19. The van der Waals surface area contributed by atoms with Crippen LogP contribution in [0.3, 0.4) is 0 Å². The third kappa shape index (κ3) is 2.04. The molecule has 0 spiro atoms. The Kier molecular flexibility index (Phi) is 2.77. The van der Waals surface area contributed by atoms with Crippen LogP contribution in [0, 0.1) is 6.92 Å². The van der Waals surface area contributed by atoms with Crippen molar-refractivity contribution in [3.63, 3.8) is 0 Å². The van der Waals surface area contributed by atoms with Gasteiger partial charge in [0.2, 0.25) is 5.95 Å². The van der Waals surface area contributed by atoms with Gasteiger partial charge in [-0.15, -0.1) is 0 Å². The predicted octanol–water partition coefficient (Wildman–Crippen LogP) is 3.23. The summed E-state index contributed by atoms with van der Waals surface area (Å²) in [6, 6.07) is 6.07. The van der Waals surface area contributed by atoms with E-state index in [1.165, 1.54) is 5.56 Å². The molecule has 1 aromatic heterocycles. The van der Waals surface area contributed by atoms with E-state index in [2.05, 4.69) is 33.2 Å². The Labute approximate surface area is 97.3 Å². The van der Waals surface area contributed by atoms with Crippen LogP contribution in [-0.2, 0) is 7.05 Å². The zero-order valence-corrected chi connectivity index (χ0v) is 10.2. The highest BCUT2D eigenvalue weighted by molar-refractivity contribution is 9.10. The van der Waals surface area contributed by atoms with E-state index in [0.29, 0.717) is 0 Å². The molecule has 0 saturated heterocycles. The number of nitrogens with zero attached hydrogens (tertiary/aromatic N) is 2. The summed E-state index contributed by atoms with van der Waals surface area (Å²) < 4.78 is 3.04. The molecule has 1 heterocycles. The molecular formula is C11H12BrN3. The van der Waals surface area contributed by atoms with Crippen molar-refractivity contribution < 1.29 is 0 Å². The van der Waals surface area contributed by atoms with Gasteiger partial charge in [-0.25, -0.2) is 4.98 Å². The molecule has 0 aliphatic carbocycles. The fraction of sp³-hybridized carbons (Fsp3) is 0.182. The van der Waals surface area contributed by atoms with Gasteiger partial charge < -0.3 is 9.88 Å². The number of benzene rings is 1. The van der Waals surface area contributed by atoms with Crippen LogP contribution in [0.2, 0.25) is 0 Å². The van der Waals surface area contributed by atoms with Crippen molar-refractivity contribution in [1.82, 2.24) is 9.55 Å². The minimum absolute atomic E-state index is 0.844. The van der Waals surface area contributed by atoms with Crippen molar-refractivity contribution in [1.29, 1.82) is 0 Å². The maximum absolute atomic E-state index is 4.22. The fourth-order valence-electron chi connectivity index (χ4n) is 1.35. The number of aromatic nitrogens is 2. The topological polar surface area (TPSA) is 29.9 Å². The molecule has 0 unspecified atom stereocenters. The number of nitrogens with one attached hydrogen (secondary N) is 1. The summed E-state index contributed by atoms with van der Waals surface area (Å²) in [6.07, 6.45) is 3.69. The summed E-state index contributed by atoms with van der Waals surface area (Å²) in [5, 5.41) is 3.28. The number of anilines is 2. The standard InChI is InChI=1S/C11H12BrN3/c1-8-9(12)4-3-5-10(8)14-11-13-6-7-15(11)2/h3-7H,1-2H3,(H,13,14). The van der Waals surface area contributed by atoms with Crippen LogP contribution in [0.25, 0.3) is 0 Å². The number of imidazole rings is 1. The zero-order valence-electron chi connectivity index (χ0n) is 8.66. The van der Waals surface area contributed by atoms with E-state index in [0.717, 1.165) is 16.1 Å². The second kappa shape index (κ2) is 4.06. The Morgan fingerprint density at radius 2 is 2.20 bits per heavy atom. The van der Waals surface area contributed by atoms with E-state index in [-0.39, 0.29) is 0 Å². The van der Waals surface area contributed by atoms with Crippen LogP contribution in [0.15, 0.2) is 35.1 Å². The second-order valence-electron chi connectivity index (χ2n) is 3.40. The first kappa shape index (κ1) is 10.2. The maximum atomic E-state index is 4.22. The van der Waals surface area contributed by atoms with Gasteiger partial charge in [-0.2, -0.15) is 0 Å². The van der Waals surface area contributed by atoms with Gasteiger partial charge in [0.25, 0.3) is 0 Å². The lowest BCUT2D eigenvalue weighted by Crippen LogP contribution is -2.00.